The molecule has 0 spiro atoms. The van der Waals surface area contributed by atoms with Crippen LogP contribution >= 0.6 is 11.3 Å². The van der Waals surface area contributed by atoms with Gasteiger partial charge in [-0.05, 0) is 53.4 Å². The number of carbonyl (C=O) groups is 1. The van der Waals surface area contributed by atoms with Crippen molar-refractivity contribution in [2.45, 2.75) is 25.4 Å². The summed E-state index contributed by atoms with van der Waals surface area (Å²) in [5, 5.41) is 13.3. The van der Waals surface area contributed by atoms with Crippen LogP contribution in [0.15, 0.2) is 35.0 Å². The molecule has 0 bridgehead atoms. The van der Waals surface area contributed by atoms with Crippen molar-refractivity contribution in [1.82, 2.24) is 0 Å². The van der Waals surface area contributed by atoms with Gasteiger partial charge < -0.3 is 10.0 Å². The largest absolute Gasteiger partial charge is 0.478 e. The summed E-state index contributed by atoms with van der Waals surface area (Å²) in [6.45, 7) is 0.667. The molecule has 3 nitrogen and oxygen atoms in total. The highest BCUT2D eigenvalue weighted by atomic mass is 32.1. The third-order valence-corrected chi connectivity index (χ3v) is 4.15. The number of aromatic carboxylic acids is 1. The number of carboxylic acids is 1. The van der Waals surface area contributed by atoms with Crippen molar-refractivity contribution < 1.29 is 14.3 Å². The minimum Gasteiger partial charge on any atom is -0.478 e. The third kappa shape index (κ3) is 2.67. The fraction of sp³-hybridized carbons (Fsp3) is 0.267. The Hall–Kier alpha value is -1.88. The first-order valence-corrected chi connectivity index (χ1v) is 7.40. The Morgan fingerprint density at radius 1 is 1.40 bits per heavy atom. The van der Waals surface area contributed by atoms with E-state index in [1.165, 1.54) is 6.07 Å². The van der Waals surface area contributed by atoms with E-state index in [9.17, 15) is 14.3 Å². The molecule has 1 aliphatic rings. The molecule has 5 heteroatoms. The van der Waals surface area contributed by atoms with Crippen LogP contribution in [0.4, 0.5) is 10.1 Å². The number of hydrogen-bond donors (Lipinski definition) is 1. The quantitative estimate of drug-likeness (QED) is 0.912. The highest BCUT2D eigenvalue weighted by Gasteiger charge is 2.31. The molecule has 0 amide bonds. The molecule has 0 unspecified atom stereocenters. The second-order valence-corrected chi connectivity index (χ2v) is 5.74. The molecule has 1 N–H and O–H groups in total. The van der Waals surface area contributed by atoms with Crippen molar-refractivity contribution in [2.75, 3.05) is 4.90 Å². The van der Waals surface area contributed by atoms with Crippen molar-refractivity contribution in [3.05, 3.63) is 52.0 Å². The van der Waals surface area contributed by atoms with Gasteiger partial charge in [0.15, 0.2) is 0 Å². The summed E-state index contributed by atoms with van der Waals surface area (Å²) in [5.74, 6) is -1.60. The molecule has 20 heavy (non-hydrogen) atoms. The zero-order valence-electron chi connectivity index (χ0n) is 10.8. The van der Waals surface area contributed by atoms with E-state index in [1.807, 2.05) is 11.4 Å². The molecule has 1 saturated carbocycles. The minimum atomic E-state index is -1.09. The molecular weight excluding hydrogens is 277 g/mol. The molecule has 0 saturated heterocycles. The lowest BCUT2D eigenvalue weighted by atomic mass is 10.1. The van der Waals surface area contributed by atoms with E-state index < -0.39 is 11.8 Å². The van der Waals surface area contributed by atoms with E-state index in [4.69, 9.17) is 0 Å². The lowest BCUT2D eigenvalue weighted by Crippen LogP contribution is -2.26. The molecule has 2 aromatic rings. The lowest BCUT2D eigenvalue weighted by molar-refractivity contribution is 0.0697. The zero-order chi connectivity index (χ0) is 14.1. The second-order valence-electron chi connectivity index (χ2n) is 4.96. The summed E-state index contributed by atoms with van der Waals surface area (Å²) < 4.78 is 13.3. The summed E-state index contributed by atoms with van der Waals surface area (Å²) in [4.78, 5) is 13.4. The summed E-state index contributed by atoms with van der Waals surface area (Å²) in [6, 6.07) is 6.39. The highest BCUT2D eigenvalue weighted by Crippen LogP contribution is 2.35. The van der Waals surface area contributed by atoms with Gasteiger partial charge in [-0.1, -0.05) is 0 Å². The molecule has 0 atom stereocenters. The van der Waals surface area contributed by atoms with Crippen molar-refractivity contribution in [3.8, 4) is 0 Å². The minimum absolute atomic E-state index is 0.0344. The summed E-state index contributed by atoms with van der Waals surface area (Å²) >= 11 is 1.62. The average Bonchev–Trinajstić information content (AvgIpc) is 3.13. The second kappa shape index (κ2) is 5.25. The number of hydrogen-bond acceptors (Lipinski definition) is 3. The van der Waals surface area contributed by atoms with E-state index in [-0.39, 0.29) is 5.56 Å². The molecule has 0 radical (unpaired) electrons. The normalized spacial score (nSPS) is 14.2. The zero-order valence-corrected chi connectivity index (χ0v) is 11.6. The first kappa shape index (κ1) is 13.1. The van der Waals surface area contributed by atoms with Gasteiger partial charge in [-0.3, -0.25) is 0 Å². The number of thiophene rings is 1. The van der Waals surface area contributed by atoms with E-state index in [2.05, 4.69) is 10.3 Å². The van der Waals surface area contributed by atoms with Gasteiger partial charge in [0, 0.05) is 12.6 Å². The van der Waals surface area contributed by atoms with Crippen molar-refractivity contribution >= 4 is 23.0 Å². The Labute approximate surface area is 120 Å². The number of benzene rings is 1. The van der Waals surface area contributed by atoms with Gasteiger partial charge in [0.2, 0.25) is 0 Å². The summed E-state index contributed by atoms with van der Waals surface area (Å²) in [6.07, 6.45) is 2.11. The van der Waals surface area contributed by atoms with Crippen molar-refractivity contribution in [1.29, 1.82) is 0 Å². The van der Waals surface area contributed by atoms with Crippen LogP contribution in [0.5, 0.6) is 0 Å². The first-order chi connectivity index (χ1) is 9.65. The number of carboxylic acid groups (broad SMARTS) is 1. The monoisotopic (exact) mass is 291 g/mol. The Balaban J connectivity index is 1.97. The standard InChI is InChI=1S/C15H14FNO2S/c16-11-1-4-14(13(7-11)15(18)19)17(12-2-3-12)8-10-5-6-20-9-10/h1,4-7,9,12H,2-3,8H2,(H,18,19). The fourth-order valence-electron chi connectivity index (χ4n) is 2.31. The van der Waals surface area contributed by atoms with Crippen LogP contribution < -0.4 is 4.90 Å². The lowest BCUT2D eigenvalue weighted by Gasteiger charge is -2.26. The maximum atomic E-state index is 13.3. The van der Waals surface area contributed by atoms with Crippen LogP contribution in [0, 0.1) is 5.82 Å². The summed E-state index contributed by atoms with van der Waals surface area (Å²) in [5.41, 5.74) is 1.79. The van der Waals surface area contributed by atoms with Crippen molar-refractivity contribution in [3.63, 3.8) is 0 Å². The van der Waals surface area contributed by atoms with Gasteiger partial charge in [0.05, 0.1) is 11.3 Å². The molecule has 3 rings (SSSR count). The van der Waals surface area contributed by atoms with E-state index in [1.54, 1.807) is 17.4 Å². The number of rotatable bonds is 5. The predicted molar refractivity (Wildman–Crippen MR) is 76.9 cm³/mol. The van der Waals surface area contributed by atoms with Gasteiger partial charge in [-0.2, -0.15) is 11.3 Å². The van der Waals surface area contributed by atoms with E-state index in [0.717, 1.165) is 24.5 Å². The molecule has 0 aliphatic heterocycles. The van der Waals surface area contributed by atoms with Crippen LogP contribution in [-0.2, 0) is 6.54 Å². The van der Waals surface area contributed by atoms with Crippen molar-refractivity contribution in [2.24, 2.45) is 0 Å². The van der Waals surface area contributed by atoms with Crippen LogP contribution in [0.1, 0.15) is 28.8 Å². The molecule has 104 valence electrons. The molecule has 1 heterocycles. The average molecular weight is 291 g/mol. The van der Waals surface area contributed by atoms with Gasteiger partial charge in [0.25, 0.3) is 0 Å². The number of nitrogens with zero attached hydrogens (tertiary/aromatic N) is 1. The molecule has 1 aromatic heterocycles. The molecule has 1 aliphatic carbocycles. The Morgan fingerprint density at radius 3 is 2.80 bits per heavy atom. The number of halogens is 1. The van der Waals surface area contributed by atoms with E-state index in [0.29, 0.717) is 18.3 Å². The maximum absolute atomic E-state index is 13.3. The Kier molecular flexibility index (Phi) is 3.44. The van der Waals surface area contributed by atoms with Crippen LogP contribution in [0.3, 0.4) is 0 Å². The first-order valence-electron chi connectivity index (χ1n) is 6.45. The SMILES string of the molecule is O=C(O)c1cc(F)ccc1N(Cc1ccsc1)C1CC1. The number of anilines is 1. The molecular formula is C15H14FNO2S. The summed E-state index contributed by atoms with van der Waals surface area (Å²) in [7, 11) is 0. The van der Waals surface area contributed by atoms with E-state index >= 15 is 0 Å². The highest BCUT2D eigenvalue weighted by molar-refractivity contribution is 7.07. The van der Waals surface area contributed by atoms with Crippen LogP contribution in [0.2, 0.25) is 0 Å². The van der Waals surface area contributed by atoms with Crippen LogP contribution in [0.25, 0.3) is 0 Å². The molecule has 1 aromatic carbocycles. The Morgan fingerprint density at radius 2 is 2.20 bits per heavy atom. The van der Waals surface area contributed by atoms with Gasteiger partial charge in [0.1, 0.15) is 5.82 Å². The van der Waals surface area contributed by atoms with Gasteiger partial charge >= 0.3 is 5.97 Å². The smallest absolute Gasteiger partial charge is 0.337 e. The third-order valence-electron chi connectivity index (χ3n) is 3.42. The van der Waals surface area contributed by atoms with Crippen LogP contribution in [-0.4, -0.2) is 17.1 Å². The fourth-order valence-corrected chi connectivity index (χ4v) is 2.97. The Bertz CT molecular complexity index is 623. The van der Waals surface area contributed by atoms with Gasteiger partial charge in [-0.25, -0.2) is 9.18 Å². The predicted octanol–water partition coefficient (Wildman–Crippen LogP) is 3.75. The van der Waals surface area contributed by atoms with Gasteiger partial charge in [-0.15, -0.1) is 0 Å². The molecule has 1 fully saturated rings. The maximum Gasteiger partial charge on any atom is 0.337 e. The topological polar surface area (TPSA) is 40.5 Å².